The molecule has 1 amide bonds. The molecule has 0 saturated heterocycles. The standard InChI is InChI=1S/C29H25N3O5/c1-4-37-29(35)21-13-15-22(16-14-21)32-26(19-9-11-20(12-10-19)28(34)36-3)23-24(30-31-25(23)27(32)33)18-7-5-17(2)6-8-18/h5-16,26H,4H2,1-3H3,(H,30,31)/t26-/m1/s1. The van der Waals surface area contributed by atoms with Crippen LogP contribution in [0.4, 0.5) is 5.69 Å². The van der Waals surface area contributed by atoms with E-state index in [2.05, 4.69) is 10.2 Å². The lowest BCUT2D eigenvalue weighted by Crippen LogP contribution is -2.29. The van der Waals surface area contributed by atoms with Crippen LogP contribution in [-0.2, 0) is 9.47 Å². The van der Waals surface area contributed by atoms with Gasteiger partial charge in [0.2, 0.25) is 0 Å². The van der Waals surface area contributed by atoms with Crippen molar-refractivity contribution in [2.45, 2.75) is 19.9 Å². The molecule has 1 aliphatic rings. The Morgan fingerprint density at radius 1 is 0.919 bits per heavy atom. The van der Waals surface area contributed by atoms with Crippen LogP contribution >= 0.6 is 0 Å². The molecule has 37 heavy (non-hydrogen) atoms. The van der Waals surface area contributed by atoms with Gasteiger partial charge >= 0.3 is 11.9 Å². The molecule has 0 bridgehead atoms. The molecule has 186 valence electrons. The lowest BCUT2D eigenvalue weighted by Gasteiger charge is -2.26. The Balaban J connectivity index is 1.62. The minimum Gasteiger partial charge on any atom is -0.465 e. The van der Waals surface area contributed by atoms with E-state index in [9.17, 15) is 14.4 Å². The summed E-state index contributed by atoms with van der Waals surface area (Å²) in [6, 6.07) is 21.2. The van der Waals surface area contributed by atoms with E-state index < -0.39 is 18.0 Å². The Morgan fingerprint density at radius 3 is 2.16 bits per heavy atom. The van der Waals surface area contributed by atoms with Gasteiger partial charge in [-0.15, -0.1) is 0 Å². The van der Waals surface area contributed by atoms with Gasteiger partial charge in [-0.2, -0.15) is 5.10 Å². The van der Waals surface area contributed by atoms with Gasteiger partial charge in [0.1, 0.15) is 5.69 Å². The summed E-state index contributed by atoms with van der Waals surface area (Å²) in [6.45, 7) is 4.03. The molecule has 5 rings (SSSR count). The fourth-order valence-electron chi connectivity index (χ4n) is 4.55. The van der Waals surface area contributed by atoms with Gasteiger partial charge in [0.05, 0.1) is 36.6 Å². The number of aromatic nitrogens is 2. The number of hydrogen-bond acceptors (Lipinski definition) is 6. The van der Waals surface area contributed by atoms with Crippen LogP contribution in [0.15, 0.2) is 72.8 Å². The molecule has 3 aromatic carbocycles. The summed E-state index contributed by atoms with van der Waals surface area (Å²) < 4.78 is 9.92. The number of fused-ring (bicyclic) bond motifs is 1. The number of hydrogen-bond donors (Lipinski definition) is 1. The van der Waals surface area contributed by atoms with Crippen molar-refractivity contribution in [3.05, 3.63) is 106 Å². The third kappa shape index (κ3) is 4.27. The Labute approximate surface area is 213 Å². The molecular weight excluding hydrogens is 470 g/mol. The summed E-state index contributed by atoms with van der Waals surface area (Å²) in [5.74, 6) is -1.11. The third-order valence-electron chi connectivity index (χ3n) is 6.40. The van der Waals surface area contributed by atoms with Gasteiger partial charge in [-0.05, 0) is 55.8 Å². The smallest absolute Gasteiger partial charge is 0.338 e. The van der Waals surface area contributed by atoms with Crippen LogP contribution in [0, 0.1) is 6.92 Å². The largest absolute Gasteiger partial charge is 0.465 e. The zero-order valence-corrected chi connectivity index (χ0v) is 20.6. The fourth-order valence-corrected chi connectivity index (χ4v) is 4.55. The molecule has 1 N–H and O–H groups in total. The first kappa shape index (κ1) is 24.0. The van der Waals surface area contributed by atoms with Gasteiger partial charge in [-0.1, -0.05) is 42.0 Å². The molecule has 8 nitrogen and oxygen atoms in total. The van der Waals surface area contributed by atoms with Gasteiger partial charge in [0.15, 0.2) is 0 Å². The zero-order valence-electron chi connectivity index (χ0n) is 20.6. The number of aromatic amines is 1. The van der Waals surface area contributed by atoms with Crippen LogP contribution in [0.2, 0.25) is 0 Å². The number of esters is 2. The monoisotopic (exact) mass is 495 g/mol. The highest BCUT2D eigenvalue weighted by Crippen LogP contribution is 2.45. The van der Waals surface area contributed by atoms with E-state index in [0.717, 1.165) is 22.3 Å². The van der Waals surface area contributed by atoms with Gasteiger partial charge in [-0.3, -0.25) is 14.8 Å². The number of anilines is 1. The predicted octanol–water partition coefficient (Wildman–Crippen LogP) is 5.10. The molecule has 8 heteroatoms. The number of nitrogens with zero attached hydrogens (tertiary/aromatic N) is 2. The Kier molecular flexibility index (Phi) is 6.31. The molecular formula is C29H25N3O5. The van der Waals surface area contributed by atoms with Crippen molar-refractivity contribution < 1.29 is 23.9 Å². The highest BCUT2D eigenvalue weighted by atomic mass is 16.5. The number of aryl methyl sites for hydroxylation is 1. The molecule has 1 aliphatic heterocycles. The van der Waals surface area contributed by atoms with Crippen molar-refractivity contribution in [3.8, 4) is 11.3 Å². The van der Waals surface area contributed by atoms with Crippen LogP contribution in [0.1, 0.15) is 60.9 Å². The van der Waals surface area contributed by atoms with E-state index in [1.165, 1.54) is 7.11 Å². The van der Waals surface area contributed by atoms with E-state index in [1.54, 1.807) is 48.2 Å². The van der Waals surface area contributed by atoms with Crippen molar-refractivity contribution in [1.29, 1.82) is 0 Å². The van der Waals surface area contributed by atoms with Crippen molar-refractivity contribution in [2.75, 3.05) is 18.6 Å². The maximum absolute atomic E-state index is 13.7. The Morgan fingerprint density at radius 2 is 1.54 bits per heavy atom. The quantitative estimate of drug-likeness (QED) is 0.374. The number of H-pyrrole nitrogens is 1. The number of benzene rings is 3. The highest BCUT2D eigenvalue weighted by Gasteiger charge is 2.43. The topological polar surface area (TPSA) is 102 Å². The first-order chi connectivity index (χ1) is 17.9. The molecule has 0 unspecified atom stereocenters. The fraction of sp³-hybridized carbons (Fsp3) is 0.172. The van der Waals surface area contributed by atoms with Crippen molar-refractivity contribution in [3.63, 3.8) is 0 Å². The van der Waals surface area contributed by atoms with Crippen LogP contribution in [0.3, 0.4) is 0 Å². The molecule has 1 aromatic heterocycles. The van der Waals surface area contributed by atoms with E-state index in [4.69, 9.17) is 9.47 Å². The van der Waals surface area contributed by atoms with E-state index in [1.807, 2.05) is 43.3 Å². The summed E-state index contributed by atoms with van der Waals surface area (Å²) in [5.41, 5.74) is 6.03. The summed E-state index contributed by atoms with van der Waals surface area (Å²) in [6.07, 6.45) is 0. The number of rotatable bonds is 6. The van der Waals surface area contributed by atoms with E-state index in [0.29, 0.717) is 28.2 Å². The van der Waals surface area contributed by atoms with Crippen LogP contribution in [-0.4, -0.2) is 41.8 Å². The molecule has 1 atom stereocenters. The van der Waals surface area contributed by atoms with Crippen LogP contribution in [0.25, 0.3) is 11.3 Å². The van der Waals surface area contributed by atoms with E-state index in [-0.39, 0.29) is 12.5 Å². The van der Waals surface area contributed by atoms with Crippen molar-refractivity contribution in [1.82, 2.24) is 10.2 Å². The number of ether oxygens (including phenoxy) is 2. The maximum atomic E-state index is 13.7. The summed E-state index contributed by atoms with van der Waals surface area (Å²) in [7, 11) is 1.33. The van der Waals surface area contributed by atoms with Gasteiger partial charge in [0, 0.05) is 16.8 Å². The number of nitrogens with one attached hydrogen (secondary N) is 1. The summed E-state index contributed by atoms with van der Waals surface area (Å²) >= 11 is 0. The lowest BCUT2D eigenvalue weighted by atomic mass is 9.95. The minimum absolute atomic E-state index is 0.244. The number of carbonyl (C=O) groups excluding carboxylic acids is 3. The molecule has 0 radical (unpaired) electrons. The van der Waals surface area contributed by atoms with E-state index >= 15 is 0 Å². The second-order valence-corrected chi connectivity index (χ2v) is 8.69. The molecule has 0 aliphatic carbocycles. The normalized spacial score (nSPS) is 14.4. The number of methoxy groups -OCH3 is 1. The predicted molar refractivity (Wildman–Crippen MR) is 138 cm³/mol. The average Bonchev–Trinajstić information content (AvgIpc) is 3.48. The Bertz CT molecular complexity index is 1470. The minimum atomic E-state index is -0.516. The van der Waals surface area contributed by atoms with Crippen molar-refractivity contribution >= 4 is 23.5 Å². The Hall–Kier alpha value is -4.72. The van der Waals surface area contributed by atoms with Crippen LogP contribution in [0.5, 0.6) is 0 Å². The van der Waals surface area contributed by atoms with Crippen molar-refractivity contribution in [2.24, 2.45) is 0 Å². The molecule has 0 fully saturated rings. The highest BCUT2D eigenvalue weighted by molar-refractivity contribution is 6.12. The van der Waals surface area contributed by atoms with Crippen LogP contribution < -0.4 is 4.90 Å². The molecule has 2 heterocycles. The number of carbonyl (C=O) groups is 3. The zero-order chi connectivity index (χ0) is 26.1. The summed E-state index contributed by atoms with van der Waals surface area (Å²) in [4.78, 5) is 39.5. The van der Waals surface area contributed by atoms with Gasteiger partial charge in [0.25, 0.3) is 5.91 Å². The van der Waals surface area contributed by atoms with Gasteiger partial charge < -0.3 is 9.47 Å². The first-order valence-electron chi connectivity index (χ1n) is 11.9. The average molecular weight is 496 g/mol. The lowest BCUT2D eigenvalue weighted by molar-refractivity contribution is 0.0525. The molecule has 0 spiro atoms. The second-order valence-electron chi connectivity index (χ2n) is 8.69. The SMILES string of the molecule is CCOC(=O)c1ccc(N2C(=O)c3[nH]nc(-c4ccc(C)cc4)c3[C@H]2c2ccc(C(=O)OC)cc2)cc1. The first-order valence-corrected chi connectivity index (χ1v) is 11.9. The summed E-state index contributed by atoms with van der Waals surface area (Å²) in [5, 5.41) is 7.45. The maximum Gasteiger partial charge on any atom is 0.338 e. The third-order valence-corrected chi connectivity index (χ3v) is 6.40. The molecule has 0 saturated carbocycles. The second kappa shape index (κ2) is 9.73. The van der Waals surface area contributed by atoms with Gasteiger partial charge in [-0.25, -0.2) is 9.59 Å². The number of amides is 1. The molecule has 4 aromatic rings.